The SMILES string of the molecule is CCOC(=O)N1CCC(Nc2cc(C(=O)Nc3cccc(OC)c3)ncn2)CC1. The lowest BCUT2D eigenvalue weighted by Crippen LogP contribution is -2.42. The molecule has 2 heterocycles. The molecule has 154 valence electrons. The van der Waals surface area contributed by atoms with Gasteiger partial charge in [0.1, 0.15) is 23.6 Å². The second kappa shape index (κ2) is 9.72. The second-order valence-corrected chi connectivity index (χ2v) is 6.58. The molecule has 0 bridgehead atoms. The van der Waals surface area contributed by atoms with Crippen LogP contribution in [0.3, 0.4) is 0 Å². The van der Waals surface area contributed by atoms with E-state index in [4.69, 9.17) is 9.47 Å². The summed E-state index contributed by atoms with van der Waals surface area (Å²) < 4.78 is 10.2. The highest BCUT2D eigenvalue weighted by Gasteiger charge is 2.24. The summed E-state index contributed by atoms with van der Waals surface area (Å²) in [5.74, 6) is 0.896. The lowest BCUT2D eigenvalue weighted by Gasteiger charge is -2.31. The number of hydrogen-bond acceptors (Lipinski definition) is 7. The number of hydrogen-bond donors (Lipinski definition) is 2. The molecule has 0 aliphatic carbocycles. The van der Waals surface area contributed by atoms with Crippen LogP contribution in [0.5, 0.6) is 5.75 Å². The number of ether oxygens (including phenoxy) is 2. The molecule has 2 amide bonds. The Kier molecular flexibility index (Phi) is 6.83. The molecule has 9 nitrogen and oxygen atoms in total. The highest BCUT2D eigenvalue weighted by Crippen LogP contribution is 2.19. The predicted octanol–water partition coefficient (Wildman–Crippen LogP) is 2.77. The summed E-state index contributed by atoms with van der Waals surface area (Å²) in [6, 6.07) is 8.88. The van der Waals surface area contributed by atoms with Crippen molar-refractivity contribution in [2.45, 2.75) is 25.8 Å². The maximum absolute atomic E-state index is 12.5. The number of aromatic nitrogens is 2. The molecule has 1 aliphatic rings. The summed E-state index contributed by atoms with van der Waals surface area (Å²) in [7, 11) is 1.57. The van der Waals surface area contributed by atoms with Gasteiger partial charge in [-0.2, -0.15) is 0 Å². The number of methoxy groups -OCH3 is 1. The van der Waals surface area contributed by atoms with E-state index in [9.17, 15) is 9.59 Å². The highest BCUT2D eigenvalue weighted by molar-refractivity contribution is 6.03. The summed E-state index contributed by atoms with van der Waals surface area (Å²) in [6.45, 7) is 3.40. The molecule has 3 rings (SSSR count). The van der Waals surface area contributed by atoms with E-state index in [2.05, 4.69) is 20.6 Å². The second-order valence-electron chi connectivity index (χ2n) is 6.58. The fourth-order valence-corrected chi connectivity index (χ4v) is 3.09. The van der Waals surface area contributed by atoms with E-state index < -0.39 is 0 Å². The van der Waals surface area contributed by atoms with Gasteiger partial charge in [0.15, 0.2) is 0 Å². The summed E-state index contributed by atoms with van der Waals surface area (Å²) >= 11 is 0. The van der Waals surface area contributed by atoms with Crippen LogP contribution in [0.25, 0.3) is 0 Å². The average Bonchev–Trinajstić information content (AvgIpc) is 2.75. The van der Waals surface area contributed by atoms with Gasteiger partial charge in [0.25, 0.3) is 5.91 Å². The summed E-state index contributed by atoms with van der Waals surface area (Å²) in [6.07, 6.45) is 2.63. The van der Waals surface area contributed by atoms with Crippen LogP contribution in [0.2, 0.25) is 0 Å². The van der Waals surface area contributed by atoms with Crippen molar-refractivity contribution < 1.29 is 19.1 Å². The average molecular weight is 399 g/mol. The smallest absolute Gasteiger partial charge is 0.409 e. The van der Waals surface area contributed by atoms with Crippen molar-refractivity contribution >= 4 is 23.5 Å². The van der Waals surface area contributed by atoms with E-state index in [-0.39, 0.29) is 23.7 Å². The molecule has 1 aliphatic heterocycles. The summed E-state index contributed by atoms with van der Waals surface area (Å²) in [5.41, 5.74) is 0.878. The Labute approximate surface area is 169 Å². The number of piperidine rings is 1. The number of likely N-dealkylation sites (tertiary alicyclic amines) is 1. The van der Waals surface area contributed by atoms with Crippen LogP contribution < -0.4 is 15.4 Å². The van der Waals surface area contributed by atoms with Gasteiger partial charge in [-0.3, -0.25) is 4.79 Å². The summed E-state index contributed by atoms with van der Waals surface area (Å²) in [4.78, 5) is 34.3. The molecule has 0 radical (unpaired) electrons. The normalized spacial score (nSPS) is 14.2. The molecule has 1 fully saturated rings. The van der Waals surface area contributed by atoms with Crippen LogP contribution in [-0.4, -0.2) is 59.7 Å². The Morgan fingerprint density at radius 1 is 1.21 bits per heavy atom. The largest absolute Gasteiger partial charge is 0.497 e. The predicted molar refractivity (Wildman–Crippen MR) is 108 cm³/mol. The Morgan fingerprint density at radius 2 is 2.00 bits per heavy atom. The van der Waals surface area contributed by atoms with Crippen molar-refractivity contribution in [1.82, 2.24) is 14.9 Å². The number of nitrogens with one attached hydrogen (secondary N) is 2. The topological polar surface area (TPSA) is 106 Å². The Morgan fingerprint density at radius 3 is 2.72 bits per heavy atom. The molecular formula is C20H25N5O4. The molecule has 9 heteroatoms. The van der Waals surface area contributed by atoms with E-state index in [0.717, 1.165) is 12.8 Å². The van der Waals surface area contributed by atoms with E-state index >= 15 is 0 Å². The third kappa shape index (κ3) is 5.56. The number of nitrogens with zero attached hydrogens (tertiary/aromatic N) is 3. The molecule has 0 unspecified atom stereocenters. The van der Waals surface area contributed by atoms with Crippen LogP contribution in [0.15, 0.2) is 36.7 Å². The van der Waals surface area contributed by atoms with Crippen LogP contribution in [-0.2, 0) is 4.74 Å². The molecule has 0 saturated carbocycles. The van der Waals surface area contributed by atoms with Crippen molar-refractivity contribution in [3.05, 3.63) is 42.4 Å². The van der Waals surface area contributed by atoms with Crippen molar-refractivity contribution in [2.75, 3.05) is 37.4 Å². The number of anilines is 2. The molecule has 29 heavy (non-hydrogen) atoms. The number of carbonyl (C=O) groups is 2. The molecule has 1 saturated heterocycles. The lowest BCUT2D eigenvalue weighted by molar-refractivity contribution is 0.0980. The van der Waals surface area contributed by atoms with Crippen molar-refractivity contribution in [3.8, 4) is 5.75 Å². The van der Waals surface area contributed by atoms with Crippen molar-refractivity contribution in [3.63, 3.8) is 0 Å². The first kappa shape index (κ1) is 20.4. The maximum Gasteiger partial charge on any atom is 0.409 e. The van der Waals surface area contributed by atoms with E-state index in [1.54, 1.807) is 49.3 Å². The van der Waals surface area contributed by atoms with E-state index in [1.807, 2.05) is 0 Å². The molecule has 1 aromatic carbocycles. The zero-order chi connectivity index (χ0) is 20.6. The Bertz CT molecular complexity index is 852. The van der Waals surface area contributed by atoms with Gasteiger partial charge in [-0.1, -0.05) is 6.07 Å². The molecule has 2 aromatic rings. The molecule has 2 N–H and O–H groups in total. The number of rotatable bonds is 6. The third-order valence-corrected chi connectivity index (χ3v) is 4.60. The monoisotopic (exact) mass is 399 g/mol. The minimum atomic E-state index is -0.333. The van der Waals surface area contributed by atoms with Gasteiger partial charge >= 0.3 is 6.09 Å². The first-order valence-electron chi connectivity index (χ1n) is 9.54. The molecule has 0 spiro atoms. The van der Waals surface area contributed by atoms with E-state index in [1.165, 1.54) is 6.33 Å². The molecular weight excluding hydrogens is 374 g/mol. The summed E-state index contributed by atoms with van der Waals surface area (Å²) in [5, 5.41) is 6.12. The van der Waals surface area contributed by atoms with Gasteiger partial charge in [0, 0.05) is 37.0 Å². The Hall–Kier alpha value is -3.36. The fourth-order valence-electron chi connectivity index (χ4n) is 3.09. The highest BCUT2D eigenvalue weighted by atomic mass is 16.6. The Balaban J connectivity index is 1.57. The zero-order valence-electron chi connectivity index (χ0n) is 16.6. The zero-order valence-corrected chi connectivity index (χ0v) is 16.6. The first-order valence-corrected chi connectivity index (χ1v) is 9.54. The fraction of sp³-hybridized carbons (Fsp3) is 0.400. The van der Waals surface area contributed by atoms with Crippen LogP contribution >= 0.6 is 0 Å². The minimum Gasteiger partial charge on any atom is -0.497 e. The molecule has 0 atom stereocenters. The van der Waals surface area contributed by atoms with Crippen molar-refractivity contribution in [1.29, 1.82) is 0 Å². The van der Waals surface area contributed by atoms with Crippen LogP contribution in [0, 0.1) is 0 Å². The number of amides is 2. The first-order chi connectivity index (χ1) is 14.1. The number of carbonyl (C=O) groups excluding carboxylic acids is 2. The standard InChI is InChI=1S/C20H25N5O4/c1-3-29-20(27)25-9-7-14(8-10-25)23-18-12-17(21-13-22-18)19(26)24-15-5-4-6-16(11-15)28-2/h4-6,11-14H,3,7-10H2,1-2H3,(H,24,26)(H,21,22,23). The van der Waals surface area contributed by atoms with Crippen molar-refractivity contribution in [2.24, 2.45) is 0 Å². The lowest BCUT2D eigenvalue weighted by atomic mass is 10.1. The van der Waals surface area contributed by atoms with Gasteiger partial charge < -0.3 is 25.0 Å². The van der Waals surface area contributed by atoms with Gasteiger partial charge in [0.2, 0.25) is 0 Å². The van der Waals surface area contributed by atoms with E-state index in [0.29, 0.717) is 37.0 Å². The van der Waals surface area contributed by atoms with Gasteiger partial charge in [-0.05, 0) is 31.9 Å². The van der Waals surface area contributed by atoms with Crippen LogP contribution in [0.1, 0.15) is 30.3 Å². The minimum absolute atomic E-state index is 0.157. The van der Waals surface area contributed by atoms with Crippen LogP contribution in [0.4, 0.5) is 16.3 Å². The van der Waals surface area contributed by atoms with Gasteiger partial charge in [0.05, 0.1) is 13.7 Å². The number of benzene rings is 1. The van der Waals surface area contributed by atoms with Gasteiger partial charge in [-0.25, -0.2) is 14.8 Å². The quantitative estimate of drug-likeness (QED) is 0.769. The molecule has 1 aromatic heterocycles. The third-order valence-electron chi connectivity index (χ3n) is 4.60. The van der Waals surface area contributed by atoms with Gasteiger partial charge in [-0.15, -0.1) is 0 Å². The maximum atomic E-state index is 12.5.